The molecule has 0 unspecified atom stereocenters. The summed E-state index contributed by atoms with van der Waals surface area (Å²) in [6.07, 6.45) is 12.9. The number of methoxy groups -OCH3 is 2. The molecule has 2 aromatic carbocycles. The largest absolute Gasteiger partial charge is 0.493 e. The van der Waals surface area contributed by atoms with Crippen LogP contribution in [0.1, 0.15) is 100 Å². The Morgan fingerprint density at radius 2 is 1.59 bits per heavy atom. The van der Waals surface area contributed by atoms with E-state index in [0.717, 1.165) is 60.6 Å². The molecule has 2 heterocycles. The zero-order valence-electron chi connectivity index (χ0n) is 24.4. The highest BCUT2D eigenvalue weighted by molar-refractivity contribution is 6.15. The van der Waals surface area contributed by atoms with E-state index in [1.807, 2.05) is 12.1 Å². The Morgan fingerprint density at radius 3 is 2.26 bits per heavy atom. The normalized spacial score (nSPS) is 18.6. The van der Waals surface area contributed by atoms with E-state index in [-0.39, 0.29) is 11.9 Å². The van der Waals surface area contributed by atoms with Crippen molar-refractivity contribution in [2.75, 3.05) is 39.7 Å². The molecule has 2 aliphatic rings. The standard InChI is InChI=1S/C33H47N3O3/c1-5-6-7-8-9-10-11-12-13-14-32(37)34-25-17-15-24(16-18-25)33-27-22-31(39-4)30(38-3)21-26(27)28-23-36(2)20-19-29(28)35-33/h15-18,21-22,28-29H,5-14,19-20,23H2,1-4H3,(H,34,37)/t28-,29-/m1/s1. The Balaban J connectivity index is 1.38. The van der Waals surface area contributed by atoms with Crippen LogP contribution in [0.15, 0.2) is 41.4 Å². The number of aliphatic imine (C=N–C) groups is 1. The number of piperidine rings is 1. The lowest BCUT2D eigenvalue weighted by Crippen LogP contribution is -2.41. The van der Waals surface area contributed by atoms with Gasteiger partial charge in [-0.05, 0) is 56.3 Å². The summed E-state index contributed by atoms with van der Waals surface area (Å²) in [4.78, 5) is 20.2. The van der Waals surface area contributed by atoms with Crippen molar-refractivity contribution in [1.29, 1.82) is 0 Å². The first-order chi connectivity index (χ1) is 19.0. The van der Waals surface area contributed by atoms with Crippen LogP contribution in [-0.4, -0.2) is 56.9 Å². The fourth-order valence-electron chi connectivity index (χ4n) is 5.97. The van der Waals surface area contributed by atoms with Gasteiger partial charge in [-0.15, -0.1) is 0 Å². The first-order valence-corrected chi connectivity index (χ1v) is 15.0. The number of hydrogen-bond donors (Lipinski definition) is 1. The minimum Gasteiger partial charge on any atom is -0.493 e. The molecule has 0 aromatic heterocycles. The molecular weight excluding hydrogens is 486 g/mol. The molecule has 0 spiro atoms. The number of unbranched alkanes of at least 4 members (excludes halogenated alkanes) is 8. The minimum absolute atomic E-state index is 0.0945. The Morgan fingerprint density at radius 1 is 0.949 bits per heavy atom. The number of anilines is 1. The Hall–Kier alpha value is -2.86. The molecule has 6 nitrogen and oxygen atoms in total. The number of fused-ring (bicyclic) bond motifs is 3. The highest BCUT2D eigenvalue weighted by Crippen LogP contribution is 2.42. The van der Waals surface area contributed by atoms with Crippen LogP contribution in [0.5, 0.6) is 11.5 Å². The quantitative estimate of drug-likeness (QED) is 0.261. The maximum absolute atomic E-state index is 12.5. The van der Waals surface area contributed by atoms with Gasteiger partial charge in [0, 0.05) is 35.7 Å². The fraction of sp³-hybridized carbons (Fsp3) is 0.576. The van der Waals surface area contributed by atoms with Gasteiger partial charge >= 0.3 is 0 Å². The predicted molar refractivity (Wildman–Crippen MR) is 161 cm³/mol. The maximum atomic E-state index is 12.5. The van der Waals surface area contributed by atoms with Gasteiger partial charge in [0.2, 0.25) is 5.91 Å². The number of rotatable bonds is 14. The van der Waals surface area contributed by atoms with Crippen molar-refractivity contribution in [2.45, 2.75) is 89.5 Å². The van der Waals surface area contributed by atoms with Crippen molar-refractivity contribution in [2.24, 2.45) is 4.99 Å². The number of likely N-dealkylation sites (N-methyl/N-ethyl adjacent to an activating group) is 1. The minimum atomic E-state index is 0.0945. The Kier molecular flexibility index (Phi) is 10.8. The van der Waals surface area contributed by atoms with E-state index in [1.165, 1.54) is 50.5 Å². The lowest BCUT2D eigenvalue weighted by Gasteiger charge is -2.39. The topological polar surface area (TPSA) is 63.2 Å². The van der Waals surface area contributed by atoms with E-state index >= 15 is 0 Å². The summed E-state index contributed by atoms with van der Waals surface area (Å²) in [6, 6.07) is 12.6. The van der Waals surface area contributed by atoms with Crippen LogP contribution in [-0.2, 0) is 4.79 Å². The fourth-order valence-corrected chi connectivity index (χ4v) is 5.97. The van der Waals surface area contributed by atoms with Crippen LogP contribution in [0.2, 0.25) is 0 Å². The molecule has 0 radical (unpaired) electrons. The van der Waals surface area contributed by atoms with E-state index in [2.05, 4.69) is 48.5 Å². The second-order valence-corrected chi connectivity index (χ2v) is 11.2. The molecule has 4 rings (SSSR count). The summed E-state index contributed by atoms with van der Waals surface area (Å²) in [6.45, 7) is 4.28. The molecule has 39 heavy (non-hydrogen) atoms. The van der Waals surface area contributed by atoms with Crippen molar-refractivity contribution in [1.82, 2.24) is 4.90 Å². The van der Waals surface area contributed by atoms with Gasteiger partial charge in [0.05, 0.1) is 26.0 Å². The van der Waals surface area contributed by atoms with Gasteiger partial charge in [-0.3, -0.25) is 9.79 Å². The molecule has 2 atom stereocenters. The molecule has 2 aromatic rings. The summed E-state index contributed by atoms with van der Waals surface area (Å²) < 4.78 is 11.3. The molecule has 6 heteroatoms. The third-order valence-corrected chi connectivity index (χ3v) is 8.23. The van der Waals surface area contributed by atoms with Crippen LogP contribution in [0.3, 0.4) is 0 Å². The summed E-state index contributed by atoms with van der Waals surface area (Å²) in [5.74, 6) is 1.90. The predicted octanol–water partition coefficient (Wildman–Crippen LogP) is 7.20. The number of carbonyl (C=O) groups is 1. The number of benzene rings is 2. The Labute approximate surface area is 235 Å². The van der Waals surface area contributed by atoms with Crippen molar-refractivity contribution in [3.05, 3.63) is 53.1 Å². The number of nitrogens with one attached hydrogen (secondary N) is 1. The van der Waals surface area contributed by atoms with Crippen molar-refractivity contribution in [3.63, 3.8) is 0 Å². The lowest BCUT2D eigenvalue weighted by molar-refractivity contribution is -0.116. The Bertz CT molecular complexity index is 1110. The lowest BCUT2D eigenvalue weighted by atomic mass is 9.79. The van der Waals surface area contributed by atoms with Gasteiger partial charge in [0.1, 0.15) is 0 Å². The van der Waals surface area contributed by atoms with Crippen LogP contribution in [0.25, 0.3) is 0 Å². The number of hydrogen-bond acceptors (Lipinski definition) is 5. The van der Waals surface area contributed by atoms with E-state index in [1.54, 1.807) is 14.2 Å². The third-order valence-electron chi connectivity index (χ3n) is 8.23. The molecule has 0 aliphatic carbocycles. The molecule has 0 bridgehead atoms. The number of nitrogens with zero attached hydrogens (tertiary/aromatic N) is 2. The monoisotopic (exact) mass is 533 g/mol. The zero-order valence-corrected chi connectivity index (χ0v) is 24.4. The summed E-state index contributed by atoms with van der Waals surface area (Å²) >= 11 is 0. The van der Waals surface area contributed by atoms with Crippen LogP contribution in [0, 0.1) is 0 Å². The van der Waals surface area contributed by atoms with E-state index in [4.69, 9.17) is 14.5 Å². The second kappa shape index (κ2) is 14.5. The molecule has 1 saturated heterocycles. The van der Waals surface area contributed by atoms with Gasteiger partial charge < -0.3 is 19.7 Å². The van der Waals surface area contributed by atoms with Gasteiger partial charge in [-0.25, -0.2) is 0 Å². The molecule has 2 aliphatic heterocycles. The summed E-state index contributed by atoms with van der Waals surface area (Å²) in [5.41, 5.74) is 5.25. The van der Waals surface area contributed by atoms with Crippen molar-refractivity contribution >= 4 is 17.3 Å². The van der Waals surface area contributed by atoms with Crippen molar-refractivity contribution < 1.29 is 14.3 Å². The molecule has 0 saturated carbocycles. The highest BCUT2D eigenvalue weighted by atomic mass is 16.5. The highest BCUT2D eigenvalue weighted by Gasteiger charge is 2.36. The van der Waals surface area contributed by atoms with Crippen molar-refractivity contribution in [3.8, 4) is 11.5 Å². The van der Waals surface area contributed by atoms with E-state index < -0.39 is 0 Å². The number of amides is 1. The van der Waals surface area contributed by atoms with Crippen LogP contribution >= 0.6 is 0 Å². The summed E-state index contributed by atoms with van der Waals surface area (Å²) in [7, 11) is 5.54. The second-order valence-electron chi connectivity index (χ2n) is 11.2. The third kappa shape index (κ3) is 7.63. The van der Waals surface area contributed by atoms with Crippen LogP contribution < -0.4 is 14.8 Å². The van der Waals surface area contributed by atoms with Gasteiger partial charge in [0.25, 0.3) is 0 Å². The number of likely N-dealkylation sites (tertiary alicyclic amines) is 1. The average molecular weight is 534 g/mol. The molecule has 1 amide bonds. The number of ether oxygens (including phenoxy) is 2. The van der Waals surface area contributed by atoms with Gasteiger partial charge in [0.15, 0.2) is 11.5 Å². The van der Waals surface area contributed by atoms with E-state index in [9.17, 15) is 4.79 Å². The zero-order chi connectivity index (χ0) is 27.6. The molecule has 1 N–H and O–H groups in total. The first-order valence-electron chi connectivity index (χ1n) is 15.0. The molecule has 212 valence electrons. The smallest absolute Gasteiger partial charge is 0.224 e. The maximum Gasteiger partial charge on any atom is 0.224 e. The van der Waals surface area contributed by atoms with Gasteiger partial charge in [-0.1, -0.05) is 70.4 Å². The SMILES string of the molecule is CCCCCCCCCCCC(=O)Nc1ccc(C2=N[C@@H]3CCN(C)C[C@@H]3c3cc(OC)c(OC)cc32)cc1. The average Bonchev–Trinajstić information content (AvgIpc) is 2.95. The van der Waals surface area contributed by atoms with Gasteiger partial charge in [-0.2, -0.15) is 0 Å². The van der Waals surface area contributed by atoms with E-state index in [0.29, 0.717) is 18.1 Å². The molecule has 1 fully saturated rings. The first kappa shape index (κ1) is 29.1. The summed E-state index contributed by atoms with van der Waals surface area (Å²) in [5, 5.41) is 3.08. The molecular formula is C33H47N3O3. The van der Waals surface area contributed by atoms with Crippen LogP contribution in [0.4, 0.5) is 5.69 Å². The number of carbonyl (C=O) groups excluding carboxylic acids is 1.